The molecule has 1 N–H and O–H groups in total. The second kappa shape index (κ2) is 7.85. The lowest BCUT2D eigenvalue weighted by atomic mass is 9.99. The highest BCUT2D eigenvalue weighted by Crippen LogP contribution is 2.35. The summed E-state index contributed by atoms with van der Waals surface area (Å²) in [6.45, 7) is 2.52. The smallest absolute Gasteiger partial charge is 0.219 e. The van der Waals surface area contributed by atoms with E-state index in [1.165, 1.54) is 30.4 Å². The van der Waals surface area contributed by atoms with Gasteiger partial charge in [-0.05, 0) is 35.7 Å². The molecule has 1 aromatic heterocycles. The van der Waals surface area contributed by atoms with Gasteiger partial charge in [-0.2, -0.15) is 0 Å². The third-order valence-electron chi connectivity index (χ3n) is 4.80. The molecule has 0 radical (unpaired) electrons. The van der Waals surface area contributed by atoms with Crippen molar-refractivity contribution >= 4 is 34.0 Å². The first-order valence-electron chi connectivity index (χ1n) is 8.90. The number of nitrogens with zero attached hydrogens (tertiary/aromatic N) is 3. The fourth-order valence-electron chi connectivity index (χ4n) is 3.37. The highest BCUT2D eigenvalue weighted by molar-refractivity contribution is 7.18. The minimum absolute atomic E-state index is 0.0206. The van der Waals surface area contributed by atoms with E-state index in [0.29, 0.717) is 29.7 Å². The van der Waals surface area contributed by atoms with Crippen molar-refractivity contribution in [2.24, 2.45) is 0 Å². The van der Waals surface area contributed by atoms with Crippen molar-refractivity contribution in [2.75, 3.05) is 11.9 Å². The van der Waals surface area contributed by atoms with Crippen LogP contribution in [-0.2, 0) is 11.3 Å². The molecule has 1 unspecified atom stereocenters. The minimum Gasteiger partial charge on any atom is -0.353 e. The summed E-state index contributed by atoms with van der Waals surface area (Å²) >= 11 is 7.67. The largest absolute Gasteiger partial charge is 0.353 e. The molecule has 0 saturated heterocycles. The van der Waals surface area contributed by atoms with E-state index in [2.05, 4.69) is 15.5 Å². The summed E-state index contributed by atoms with van der Waals surface area (Å²) in [7, 11) is 0. The zero-order valence-corrected chi connectivity index (χ0v) is 16.7. The topological polar surface area (TPSA) is 58.1 Å². The molecule has 0 fully saturated rings. The number of anilines is 1. The first kappa shape index (κ1) is 18.8. The predicted octanol–water partition coefficient (Wildman–Crippen LogP) is 4.90. The number of rotatable bonds is 3. The third-order valence-corrected chi connectivity index (χ3v) is 6.02. The molecule has 2 aromatic carbocycles. The van der Waals surface area contributed by atoms with E-state index in [0.717, 1.165) is 21.7 Å². The maximum absolute atomic E-state index is 13.8. The number of benzene rings is 2. The number of hydrogen-bond donors (Lipinski definition) is 1. The molecule has 1 amide bonds. The number of hydrogen-bond acceptors (Lipinski definition) is 5. The van der Waals surface area contributed by atoms with Crippen molar-refractivity contribution in [2.45, 2.75) is 25.9 Å². The average Bonchev–Trinajstić information content (AvgIpc) is 3.04. The fourth-order valence-corrected chi connectivity index (χ4v) is 4.49. The molecule has 1 aliphatic rings. The molecule has 1 aliphatic heterocycles. The molecule has 2 heterocycles. The molecule has 8 heteroatoms. The summed E-state index contributed by atoms with van der Waals surface area (Å²) < 4.78 is 13.8. The van der Waals surface area contributed by atoms with E-state index in [4.69, 9.17) is 11.6 Å². The van der Waals surface area contributed by atoms with Gasteiger partial charge in [0.1, 0.15) is 5.82 Å². The van der Waals surface area contributed by atoms with Gasteiger partial charge in [-0.1, -0.05) is 47.2 Å². The molecule has 4 rings (SSSR count). The Kier molecular flexibility index (Phi) is 5.28. The maximum atomic E-state index is 13.8. The third kappa shape index (κ3) is 3.86. The Labute approximate surface area is 171 Å². The monoisotopic (exact) mass is 416 g/mol. The molecule has 0 bridgehead atoms. The molecule has 0 aliphatic carbocycles. The van der Waals surface area contributed by atoms with E-state index in [1.807, 2.05) is 24.3 Å². The second-order valence-corrected chi connectivity index (χ2v) is 8.05. The number of fused-ring (bicyclic) bond motifs is 1. The van der Waals surface area contributed by atoms with Crippen LogP contribution in [0.4, 0.5) is 9.52 Å². The molecular formula is C20H18ClFN4OS. The summed E-state index contributed by atoms with van der Waals surface area (Å²) in [6.07, 6.45) is 0.694. The summed E-state index contributed by atoms with van der Waals surface area (Å²) in [6, 6.07) is 12.1. The SMILES string of the molecule is CC(=O)N1CCC(Nc2nnc(-c3ccccc3Cl)s2)c2ccc(F)cc2C1. The van der Waals surface area contributed by atoms with Crippen molar-refractivity contribution in [1.82, 2.24) is 15.1 Å². The van der Waals surface area contributed by atoms with Crippen LogP contribution in [0.5, 0.6) is 0 Å². The molecule has 1 atom stereocenters. The van der Waals surface area contributed by atoms with Crippen LogP contribution in [-0.4, -0.2) is 27.5 Å². The van der Waals surface area contributed by atoms with Gasteiger partial charge >= 0.3 is 0 Å². The van der Waals surface area contributed by atoms with E-state index in [1.54, 1.807) is 11.0 Å². The van der Waals surface area contributed by atoms with Crippen molar-refractivity contribution in [3.05, 3.63) is 64.4 Å². The van der Waals surface area contributed by atoms with Crippen molar-refractivity contribution in [1.29, 1.82) is 0 Å². The van der Waals surface area contributed by atoms with Gasteiger partial charge in [-0.25, -0.2) is 4.39 Å². The van der Waals surface area contributed by atoms with Gasteiger partial charge in [0, 0.05) is 25.6 Å². The van der Waals surface area contributed by atoms with E-state index < -0.39 is 0 Å². The van der Waals surface area contributed by atoms with E-state index >= 15 is 0 Å². The molecule has 0 saturated carbocycles. The molecule has 5 nitrogen and oxygen atoms in total. The van der Waals surface area contributed by atoms with Gasteiger partial charge in [0.15, 0.2) is 5.01 Å². The Morgan fingerprint density at radius 3 is 2.89 bits per heavy atom. The number of halogens is 2. The summed E-state index contributed by atoms with van der Waals surface area (Å²) in [4.78, 5) is 13.6. The van der Waals surface area contributed by atoms with Crippen LogP contribution in [0.3, 0.4) is 0 Å². The molecule has 3 aromatic rings. The molecule has 144 valence electrons. The molecule has 0 spiro atoms. The zero-order chi connectivity index (χ0) is 19.7. The number of carbonyl (C=O) groups excluding carboxylic acids is 1. The van der Waals surface area contributed by atoms with Crippen LogP contribution in [0.15, 0.2) is 42.5 Å². The summed E-state index contributed by atoms with van der Waals surface area (Å²) in [5.41, 5.74) is 2.61. The Hall–Kier alpha value is -2.51. The zero-order valence-electron chi connectivity index (χ0n) is 15.2. The molecular weight excluding hydrogens is 399 g/mol. The van der Waals surface area contributed by atoms with Crippen LogP contribution in [0.25, 0.3) is 10.6 Å². The number of nitrogens with one attached hydrogen (secondary N) is 1. The Morgan fingerprint density at radius 1 is 1.29 bits per heavy atom. The lowest BCUT2D eigenvalue weighted by Crippen LogP contribution is -2.28. The van der Waals surface area contributed by atoms with Gasteiger partial charge in [0.05, 0.1) is 11.1 Å². The lowest BCUT2D eigenvalue weighted by molar-refractivity contribution is -0.129. The summed E-state index contributed by atoms with van der Waals surface area (Å²) in [5.74, 6) is -0.326. The molecule has 28 heavy (non-hydrogen) atoms. The maximum Gasteiger partial charge on any atom is 0.219 e. The Morgan fingerprint density at radius 2 is 2.11 bits per heavy atom. The quantitative estimate of drug-likeness (QED) is 0.659. The van der Waals surface area contributed by atoms with Gasteiger partial charge in [-0.15, -0.1) is 10.2 Å². The van der Waals surface area contributed by atoms with Gasteiger partial charge in [-0.3, -0.25) is 4.79 Å². The summed E-state index contributed by atoms with van der Waals surface area (Å²) in [5, 5.41) is 13.9. The van der Waals surface area contributed by atoms with Crippen LogP contribution in [0.1, 0.15) is 30.5 Å². The highest BCUT2D eigenvalue weighted by Gasteiger charge is 2.25. The van der Waals surface area contributed by atoms with Gasteiger partial charge in [0.25, 0.3) is 0 Å². The second-order valence-electron chi connectivity index (χ2n) is 6.66. The van der Waals surface area contributed by atoms with Crippen molar-refractivity contribution in [3.8, 4) is 10.6 Å². The Bertz CT molecular complexity index is 1020. The van der Waals surface area contributed by atoms with Crippen LogP contribution < -0.4 is 5.32 Å². The minimum atomic E-state index is -0.306. The highest BCUT2D eigenvalue weighted by atomic mass is 35.5. The van der Waals surface area contributed by atoms with E-state index in [-0.39, 0.29) is 17.8 Å². The van der Waals surface area contributed by atoms with Gasteiger partial charge in [0.2, 0.25) is 11.0 Å². The van der Waals surface area contributed by atoms with Gasteiger partial charge < -0.3 is 10.2 Å². The normalized spacial score (nSPS) is 16.4. The number of amides is 1. The van der Waals surface area contributed by atoms with Crippen molar-refractivity contribution < 1.29 is 9.18 Å². The fraction of sp³-hybridized carbons (Fsp3) is 0.250. The van der Waals surface area contributed by atoms with Crippen molar-refractivity contribution in [3.63, 3.8) is 0 Å². The average molecular weight is 417 g/mol. The first-order valence-corrected chi connectivity index (χ1v) is 10.1. The number of carbonyl (C=O) groups is 1. The van der Waals surface area contributed by atoms with Crippen LogP contribution in [0, 0.1) is 5.82 Å². The Balaban J connectivity index is 1.62. The predicted molar refractivity (Wildman–Crippen MR) is 109 cm³/mol. The van der Waals surface area contributed by atoms with E-state index in [9.17, 15) is 9.18 Å². The first-order chi connectivity index (χ1) is 13.5. The standard InChI is InChI=1S/C20H18ClFN4OS/c1-12(27)26-9-8-18(15-7-6-14(22)10-13(15)11-26)23-20-25-24-19(28-20)16-4-2-3-5-17(16)21/h2-7,10,18H,8-9,11H2,1H3,(H,23,25). The number of aromatic nitrogens is 2. The van der Waals surface area contributed by atoms with Crippen LogP contribution in [0.2, 0.25) is 5.02 Å². The lowest BCUT2D eigenvalue weighted by Gasteiger charge is -2.19. The van der Waals surface area contributed by atoms with Crippen LogP contribution >= 0.6 is 22.9 Å².